The van der Waals surface area contributed by atoms with Crippen LogP contribution in [-0.2, 0) is 0 Å². The predicted octanol–water partition coefficient (Wildman–Crippen LogP) is 1.42. The number of benzene rings is 1. The summed E-state index contributed by atoms with van der Waals surface area (Å²) in [7, 11) is 0. The molecule has 0 saturated heterocycles. The molecule has 3 N–H and O–H groups in total. The van der Waals surface area contributed by atoms with E-state index < -0.39 is 0 Å². The molecule has 1 aromatic carbocycles. The van der Waals surface area contributed by atoms with Crippen LogP contribution >= 0.6 is 0 Å². The molecule has 0 atom stereocenters. The largest absolute Gasteiger partial charge is 0.368 e. The zero-order valence-electron chi connectivity index (χ0n) is 8.81. The average molecular weight is 221 g/mol. The van der Waals surface area contributed by atoms with Gasteiger partial charge in [0.15, 0.2) is 0 Å². The number of hydrogen-bond acceptors (Lipinski definition) is 4. The lowest BCUT2D eigenvalue weighted by Crippen LogP contribution is -2.02. The monoisotopic (exact) mass is 221 g/mol. The molecule has 0 amide bonds. The number of nitrogens with one attached hydrogen (secondary N) is 1. The maximum atomic E-state index is 12.7. The highest BCUT2D eigenvalue weighted by molar-refractivity contribution is 5.41. The van der Waals surface area contributed by atoms with E-state index in [1.807, 2.05) is 6.92 Å². The Morgan fingerprint density at radius 3 is 2.69 bits per heavy atom. The van der Waals surface area contributed by atoms with E-state index in [0.29, 0.717) is 18.2 Å². The zero-order chi connectivity index (χ0) is 11.5. The molecule has 5 nitrogen and oxygen atoms in total. The van der Waals surface area contributed by atoms with Crippen molar-refractivity contribution in [2.45, 2.75) is 6.92 Å². The van der Waals surface area contributed by atoms with Crippen molar-refractivity contribution in [1.29, 1.82) is 0 Å². The third-order valence-corrected chi connectivity index (χ3v) is 2.04. The Morgan fingerprint density at radius 1 is 1.38 bits per heavy atom. The minimum atomic E-state index is -0.297. The van der Waals surface area contributed by atoms with E-state index in [2.05, 4.69) is 15.4 Å². The van der Waals surface area contributed by atoms with Crippen LogP contribution in [0.15, 0.2) is 24.3 Å². The molecule has 0 bridgehead atoms. The molecule has 6 heteroatoms. The Balaban J connectivity index is 2.36. The van der Waals surface area contributed by atoms with E-state index in [4.69, 9.17) is 5.73 Å². The SMILES string of the molecule is CCNc1nc(N)n(-c2ccc(F)cc2)n1. The van der Waals surface area contributed by atoms with Crippen molar-refractivity contribution in [1.82, 2.24) is 14.8 Å². The van der Waals surface area contributed by atoms with Gasteiger partial charge in [0, 0.05) is 6.54 Å². The van der Waals surface area contributed by atoms with Crippen molar-refractivity contribution in [3.05, 3.63) is 30.1 Å². The Morgan fingerprint density at radius 2 is 2.06 bits per heavy atom. The molecule has 0 unspecified atom stereocenters. The number of nitrogens with two attached hydrogens (primary N) is 1. The molecule has 2 aromatic rings. The summed E-state index contributed by atoms with van der Waals surface area (Å²) < 4.78 is 14.2. The zero-order valence-corrected chi connectivity index (χ0v) is 8.81. The second-order valence-electron chi connectivity index (χ2n) is 3.21. The molecule has 0 fully saturated rings. The first-order chi connectivity index (χ1) is 7.70. The van der Waals surface area contributed by atoms with Gasteiger partial charge in [0.25, 0.3) is 0 Å². The molecule has 0 aliphatic carbocycles. The van der Waals surface area contributed by atoms with Gasteiger partial charge in [0.05, 0.1) is 5.69 Å². The number of halogens is 1. The van der Waals surface area contributed by atoms with Crippen LogP contribution in [0.25, 0.3) is 5.69 Å². The van der Waals surface area contributed by atoms with E-state index in [9.17, 15) is 4.39 Å². The van der Waals surface area contributed by atoms with Gasteiger partial charge in [0.1, 0.15) is 5.82 Å². The van der Waals surface area contributed by atoms with Crippen LogP contribution in [0.5, 0.6) is 0 Å². The summed E-state index contributed by atoms with van der Waals surface area (Å²) in [5.41, 5.74) is 6.37. The van der Waals surface area contributed by atoms with Crippen molar-refractivity contribution < 1.29 is 4.39 Å². The molecule has 84 valence electrons. The summed E-state index contributed by atoms with van der Waals surface area (Å²) in [6.07, 6.45) is 0. The van der Waals surface area contributed by atoms with Crippen molar-refractivity contribution in [3.63, 3.8) is 0 Å². The molecule has 0 radical (unpaired) electrons. The number of nitrogens with zero attached hydrogens (tertiary/aromatic N) is 3. The number of anilines is 2. The first-order valence-electron chi connectivity index (χ1n) is 4.93. The number of nitrogen functional groups attached to an aromatic ring is 1. The fourth-order valence-electron chi connectivity index (χ4n) is 1.33. The molecule has 16 heavy (non-hydrogen) atoms. The van der Waals surface area contributed by atoms with Gasteiger partial charge in [-0.25, -0.2) is 4.39 Å². The summed E-state index contributed by atoms with van der Waals surface area (Å²) in [5.74, 6) is 0.432. The van der Waals surface area contributed by atoms with Gasteiger partial charge < -0.3 is 11.1 Å². The Labute approximate surface area is 92.1 Å². The van der Waals surface area contributed by atoms with E-state index in [0.717, 1.165) is 0 Å². The Kier molecular flexibility index (Phi) is 2.72. The van der Waals surface area contributed by atoms with Gasteiger partial charge >= 0.3 is 0 Å². The molecule has 0 saturated carbocycles. The summed E-state index contributed by atoms with van der Waals surface area (Å²) in [4.78, 5) is 4.02. The molecule has 0 spiro atoms. The molecule has 0 aliphatic heterocycles. The summed E-state index contributed by atoms with van der Waals surface area (Å²) in [6, 6.07) is 5.89. The maximum absolute atomic E-state index is 12.7. The number of rotatable bonds is 3. The average Bonchev–Trinajstić information content (AvgIpc) is 2.61. The Hall–Kier alpha value is -2.11. The maximum Gasteiger partial charge on any atom is 0.244 e. The highest BCUT2D eigenvalue weighted by Gasteiger charge is 2.07. The fourth-order valence-corrected chi connectivity index (χ4v) is 1.33. The second-order valence-corrected chi connectivity index (χ2v) is 3.21. The van der Waals surface area contributed by atoms with Gasteiger partial charge in [-0.15, -0.1) is 5.10 Å². The lowest BCUT2D eigenvalue weighted by Gasteiger charge is -2.01. The van der Waals surface area contributed by atoms with Crippen LogP contribution in [0, 0.1) is 5.82 Å². The van der Waals surface area contributed by atoms with E-state index >= 15 is 0 Å². The first kappa shape index (κ1) is 10.4. The van der Waals surface area contributed by atoms with Gasteiger partial charge in [-0.05, 0) is 31.2 Å². The van der Waals surface area contributed by atoms with Crippen LogP contribution in [0.1, 0.15) is 6.92 Å². The minimum absolute atomic E-state index is 0.266. The van der Waals surface area contributed by atoms with Gasteiger partial charge in [0.2, 0.25) is 11.9 Å². The molecule has 0 aliphatic rings. The standard InChI is InChI=1S/C10H12FN5/c1-2-13-10-14-9(12)16(15-10)8-5-3-7(11)4-6-8/h3-6H,2H2,1H3,(H3,12,13,14,15). The number of hydrogen-bond donors (Lipinski definition) is 2. The van der Waals surface area contributed by atoms with Crippen molar-refractivity contribution in [2.75, 3.05) is 17.6 Å². The van der Waals surface area contributed by atoms with E-state index in [-0.39, 0.29) is 11.8 Å². The molecule has 1 heterocycles. The molecular formula is C10H12FN5. The quantitative estimate of drug-likeness (QED) is 0.822. The van der Waals surface area contributed by atoms with Crippen LogP contribution in [-0.4, -0.2) is 21.3 Å². The summed E-state index contributed by atoms with van der Waals surface area (Å²) in [6.45, 7) is 2.65. The van der Waals surface area contributed by atoms with Crippen LogP contribution in [0.3, 0.4) is 0 Å². The number of aromatic nitrogens is 3. The third-order valence-electron chi connectivity index (χ3n) is 2.04. The third kappa shape index (κ3) is 1.95. The van der Waals surface area contributed by atoms with E-state index in [1.165, 1.54) is 16.8 Å². The highest BCUT2D eigenvalue weighted by Crippen LogP contribution is 2.13. The summed E-state index contributed by atoms with van der Waals surface area (Å²) in [5, 5.41) is 7.10. The van der Waals surface area contributed by atoms with Gasteiger partial charge in [-0.3, -0.25) is 0 Å². The second kappa shape index (κ2) is 4.18. The normalized spacial score (nSPS) is 10.4. The lowest BCUT2D eigenvalue weighted by atomic mass is 10.3. The fraction of sp³-hybridized carbons (Fsp3) is 0.200. The molecule has 1 aromatic heterocycles. The van der Waals surface area contributed by atoms with Crippen LogP contribution < -0.4 is 11.1 Å². The van der Waals surface area contributed by atoms with Crippen molar-refractivity contribution in [2.24, 2.45) is 0 Å². The molecular weight excluding hydrogens is 209 g/mol. The summed E-state index contributed by atoms with van der Waals surface area (Å²) >= 11 is 0. The Bertz CT molecular complexity index is 476. The van der Waals surface area contributed by atoms with Crippen molar-refractivity contribution in [3.8, 4) is 5.69 Å². The topological polar surface area (TPSA) is 68.8 Å². The highest BCUT2D eigenvalue weighted by atomic mass is 19.1. The van der Waals surface area contributed by atoms with Crippen molar-refractivity contribution >= 4 is 11.9 Å². The minimum Gasteiger partial charge on any atom is -0.368 e. The van der Waals surface area contributed by atoms with Crippen LogP contribution in [0.2, 0.25) is 0 Å². The van der Waals surface area contributed by atoms with E-state index in [1.54, 1.807) is 12.1 Å². The lowest BCUT2D eigenvalue weighted by molar-refractivity contribution is 0.627. The predicted molar refractivity (Wildman–Crippen MR) is 59.9 cm³/mol. The molecule has 2 rings (SSSR count). The first-order valence-corrected chi connectivity index (χ1v) is 4.93. The smallest absolute Gasteiger partial charge is 0.244 e. The van der Waals surface area contributed by atoms with Gasteiger partial charge in [-0.2, -0.15) is 9.67 Å². The van der Waals surface area contributed by atoms with Gasteiger partial charge in [-0.1, -0.05) is 0 Å². The van der Waals surface area contributed by atoms with Crippen LogP contribution in [0.4, 0.5) is 16.3 Å².